The van der Waals surface area contributed by atoms with Crippen molar-refractivity contribution in [3.8, 4) is 0 Å². The van der Waals surface area contributed by atoms with Gasteiger partial charge in [0.15, 0.2) is 0 Å². The van der Waals surface area contributed by atoms with Gasteiger partial charge in [0.2, 0.25) is 0 Å². The van der Waals surface area contributed by atoms with Crippen LogP contribution in [-0.2, 0) is 9.47 Å². The van der Waals surface area contributed by atoms with Gasteiger partial charge in [-0.3, -0.25) is 0 Å². The normalized spacial score (nSPS) is 34.3. The fourth-order valence-corrected chi connectivity index (χ4v) is 2.65. The van der Waals surface area contributed by atoms with Crippen LogP contribution in [-0.4, -0.2) is 38.0 Å². The maximum absolute atomic E-state index is 5.83. The molecule has 2 fully saturated rings. The van der Waals surface area contributed by atoms with Crippen LogP contribution in [0.2, 0.25) is 0 Å². The highest BCUT2D eigenvalue weighted by Gasteiger charge is 2.38. The van der Waals surface area contributed by atoms with Crippen LogP contribution in [0, 0.1) is 5.92 Å². The Morgan fingerprint density at radius 2 is 1.86 bits per heavy atom. The lowest BCUT2D eigenvalue weighted by molar-refractivity contribution is -0.0975. The van der Waals surface area contributed by atoms with Crippen LogP contribution < -0.4 is 5.32 Å². The molecule has 1 unspecified atom stereocenters. The van der Waals surface area contributed by atoms with E-state index in [0.717, 1.165) is 32.3 Å². The van der Waals surface area contributed by atoms with Crippen molar-refractivity contribution in [2.45, 2.75) is 38.3 Å². The zero-order valence-corrected chi connectivity index (χ0v) is 9.21. The molecule has 82 valence electrons. The summed E-state index contributed by atoms with van der Waals surface area (Å²) in [6.07, 6.45) is 2.34. The smallest absolute Gasteiger partial charge is 0.0782 e. The first kappa shape index (κ1) is 10.4. The van der Waals surface area contributed by atoms with Gasteiger partial charge in [-0.05, 0) is 32.6 Å². The molecular formula is C11H21NO2. The van der Waals surface area contributed by atoms with E-state index >= 15 is 0 Å². The monoisotopic (exact) mass is 199 g/mol. The molecule has 0 radical (unpaired) electrons. The number of nitrogens with one attached hydrogen (secondary N) is 1. The van der Waals surface area contributed by atoms with Crippen molar-refractivity contribution in [2.24, 2.45) is 5.92 Å². The molecule has 1 N–H and O–H groups in total. The predicted molar refractivity (Wildman–Crippen MR) is 55.4 cm³/mol. The third kappa shape index (κ3) is 2.10. The second kappa shape index (κ2) is 4.17. The van der Waals surface area contributed by atoms with Crippen molar-refractivity contribution >= 4 is 0 Å². The number of hydrogen-bond acceptors (Lipinski definition) is 3. The maximum Gasteiger partial charge on any atom is 0.0782 e. The van der Waals surface area contributed by atoms with Crippen LogP contribution in [0.15, 0.2) is 0 Å². The molecular weight excluding hydrogens is 178 g/mol. The Kier molecular flexibility index (Phi) is 3.10. The first-order valence-electron chi connectivity index (χ1n) is 5.65. The topological polar surface area (TPSA) is 30.5 Å². The molecule has 2 saturated heterocycles. The third-order valence-corrected chi connectivity index (χ3v) is 3.43. The van der Waals surface area contributed by atoms with Gasteiger partial charge in [0.1, 0.15) is 0 Å². The zero-order chi connectivity index (χ0) is 10.0. The Bertz CT molecular complexity index is 188. The molecule has 2 aliphatic heterocycles. The minimum absolute atomic E-state index is 0.0136. The van der Waals surface area contributed by atoms with Crippen molar-refractivity contribution < 1.29 is 9.47 Å². The Hall–Kier alpha value is -0.120. The molecule has 0 amide bonds. The second-order valence-corrected chi connectivity index (χ2v) is 4.83. The predicted octanol–water partition coefficient (Wildman–Crippen LogP) is 1.18. The van der Waals surface area contributed by atoms with E-state index in [1.165, 1.54) is 12.8 Å². The van der Waals surface area contributed by atoms with Crippen molar-refractivity contribution in [2.75, 3.05) is 26.4 Å². The van der Waals surface area contributed by atoms with Gasteiger partial charge in [-0.1, -0.05) is 0 Å². The molecule has 0 aromatic rings. The molecule has 3 nitrogen and oxygen atoms in total. The average molecular weight is 199 g/mol. The lowest BCUT2D eigenvalue weighted by atomic mass is 9.81. The highest BCUT2D eigenvalue weighted by atomic mass is 16.5. The van der Waals surface area contributed by atoms with Gasteiger partial charge in [0.25, 0.3) is 0 Å². The van der Waals surface area contributed by atoms with Crippen LogP contribution in [0.25, 0.3) is 0 Å². The van der Waals surface area contributed by atoms with Crippen LogP contribution in [0.5, 0.6) is 0 Å². The summed E-state index contributed by atoms with van der Waals surface area (Å²) in [4.78, 5) is 0. The molecule has 0 saturated carbocycles. The van der Waals surface area contributed by atoms with E-state index in [9.17, 15) is 0 Å². The minimum atomic E-state index is -0.0136. The summed E-state index contributed by atoms with van der Waals surface area (Å²) in [5, 5.41) is 3.60. The first-order chi connectivity index (χ1) is 6.70. The second-order valence-electron chi connectivity index (χ2n) is 4.83. The average Bonchev–Trinajstić information content (AvgIpc) is 2.18. The minimum Gasteiger partial charge on any atom is -0.381 e. The standard InChI is InChI=1S/C11H21NO2/c1-11(2)10(12-5-8-14-11)9-3-6-13-7-4-9/h9-10,12H,3-8H2,1-2H3. The molecule has 0 aromatic carbocycles. The summed E-state index contributed by atoms with van der Waals surface area (Å²) in [5.74, 6) is 0.721. The number of rotatable bonds is 1. The van der Waals surface area contributed by atoms with E-state index in [1.54, 1.807) is 0 Å². The molecule has 0 bridgehead atoms. The van der Waals surface area contributed by atoms with Gasteiger partial charge in [0.05, 0.1) is 12.2 Å². The highest BCUT2D eigenvalue weighted by Crippen LogP contribution is 2.29. The summed E-state index contributed by atoms with van der Waals surface area (Å²) >= 11 is 0. The quantitative estimate of drug-likeness (QED) is 0.688. The largest absolute Gasteiger partial charge is 0.381 e. The van der Waals surface area contributed by atoms with Gasteiger partial charge < -0.3 is 14.8 Å². The summed E-state index contributed by atoms with van der Waals surface area (Å²) in [6.45, 7) is 8.05. The van der Waals surface area contributed by atoms with Gasteiger partial charge in [-0.15, -0.1) is 0 Å². The summed E-state index contributed by atoms with van der Waals surface area (Å²) < 4.78 is 11.2. The lowest BCUT2D eigenvalue weighted by Gasteiger charge is -2.44. The van der Waals surface area contributed by atoms with E-state index < -0.39 is 0 Å². The first-order valence-corrected chi connectivity index (χ1v) is 5.65. The van der Waals surface area contributed by atoms with Gasteiger partial charge in [-0.2, -0.15) is 0 Å². The molecule has 0 aliphatic carbocycles. The van der Waals surface area contributed by atoms with E-state index in [1.807, 2.05) is 0 Å². The molecule has 1 atom stereocenters. The number of ether oxygens (including phenoxy) is 2. The zero-order valence-electron chi connectivity index (χ0n) is 9.21. The van der Waals surface area contributed by atoms with E-state index in [-0.39, 0.29) is 5.60 Å². The Balaban J connectivity index is 1.99. The Labute approximate surface area is 86.2 Å². The van der Waals surface area contributed by atoms with Gasteiger partial charge >= 0.3 is 0 Å². The SMILES string of the molecule is CC1(C)OCCNC1C1CCOCC1. The van der Waals surface area contributed by atoms with Crippen LogP contribution in [0.4, 0.5) is 0 Å². The van der Waals surface area contributed by atoms with Crippen molar-refractivity contribution in [1.82, 2.24) is 5.32 Å². The van der Waals surface area contributed by atoms with Gasteiger partial charge in [0, 0.05) is 25.8 Å². The van der Waals surface area contributed by atoms with Crippen molar-refractivity contribution in [1.29, 1.82) is 0 Å². The van der Waals surface area contributed by atoms with Gasteiger partial charge in [-0.25, -0.2) is 0 Å². The van der Waals surface area contributed by atoms with Crippen molar-refractivity contribution in [3.05, 3.63) is 0 Å². The summed E-state index contributed by atoms with van der Waals surface area (Å²) in [7, 11) is 0. The number of morpholine rings is 1. The van der Waals surface area contributed by atoms with E-state index in [4.69, 9.17) is 9.47 Å². The molecule has 0 spiro atoms. The fourth-order valence-electron chi connectivity index (χ4n) is 2.65. The number of hydrogen-bond donors (Lipinski definition) is 1. The van der Waals surface area contributed by atoms with Crippen molar-refractivity contribution in [3.63, 3.8) is 0 Å². The van der Waals surface area contributed by atoms with Crippen LogP contribution in [0.3, 0.4) is 0 Å². The molecule has 2 heterocycles. The fraction of sp³-hybridized carbons (Fsp3) is 1.00. The van der Waals surface area contributed by atoms with Crippen LogP contribution >= 0.6 is 0 Å². The molecule has 14 heavy (non-hydrogen) atoms. The summed E-state index contributed by atoms with van der Waals surface area (Å²) in [5.41, 5.74) is -0.0136. The van der Waals surface area contributed by atoms with E-state index in [0.29, 0.717) is 6.04 Å². The third-order valence-electron chi connectivity index (χ3n) is 3.43. The summed E-state index contributed by atoms with van der Waals surface area (Å²) in [6, 6.07) is 0.500. The molecule has 2 rings (SSSR count). The highest BCUT2D eigenvalue weighted by molar-refractivity contribution is 4.94. The molecule has 3 heteroatoms. The Morgan fingerprint density at radius 3 is 2.50 bits per heavy atom. The Morgan fingerprint density at radius 1 is 1.14 bits per heavy atom. The van der Waals surface area contributed by atoms with E-state index in [2.05, 4.69) is 19.2 Å². The maximum atomic E-state index is 5.83. The van der Waals surface area contributed by atoms with Crippen LogP contribution in [0.1, 0.15) is 26.7 Å². The lowest BCUT2D eigenvalue weighted by Crippen LogP contribution is -2.58. The molecule has 0 aromatic heterocycles. The molecule has 2 aliphatic rings.